The molecule has 2 aromatic rings. The molecule has 132 valence electrons. The largest absolute Gasteiger partial charge is 0.493 e. The molecule has 5 nitrogen and oxygen atoms in total. The zero-order chi connectivity index (χ0) is 18.4. The van der Waals surface area contributed by atoms with Crippen LogP contribution in [0.1, 0.15) is 23.6 Å². The monoisotopic (exact) mass is 357 g/mol. The summed E-state index contributed by atoms with van der Waals surface area (Å²) in [6.07, 6.45) is 0. The van der Waals surface area contributed by atoms with E-state index in [1.165, 1.54) is 5.56 Å². The molecular formula is C19H23N3O2S. The van der Waals surface area contributed by atoms with Gasteiger partial charge in [0.25, 0.3) is 0 Å². The highest BCUT2D eigenvalue weighted by Gasteiger charge is 2.07. The number of ether oxygens (including phenoxy) is 2. The molecule has 0 aliphatic heterocycles. The van der Waals surface area contributed by atoms with Crippen LogP contribution < -0.4 is 20.2 Å². The third-order valence-electron chi connectivity index (χ3n) is 3.76. The average molecular weight is 357 g/mol. The number of anilines is 1. The molecule has 0 bridgehead atoms. The summed E-state index contributed by atoms with van der Waals surface area (Å²) in [5.74, 6) is 1.34. The molecule has 25 heavy (non-hydrogen) atoms. The summed E-state index contributed by atoms with van der Waals surface area (Å²) in [7, 11) is 3.21. The third-order valence-corrected chi connectivity index (χ3v) is 3.95. The standard InChI is InChI=1S/C19H23N3O2S/c1-12-6-8-16(13(2)10-12)20-19(25)22-21-14(3)15-7-9-17(23-4)18(11-15)24-5/h6-11H,1-5H3,(H2,20,22,25)/b21-14+. The van der Waals surface area contributed by atoms with Crippen molar-refractivity contribution in [2.75, 3.05) is 19.5 Å². The quantitative estimate of drug-likeness (QED) is 0.481. The summed E-state index contributed by atoms with van der Waals surface area (Å²) >= 11 is 5.31. The predicted octanol–water partition coefficient (Wildman–Crippen LogP) is 4.03. The Morgan fingerprint density at radius 3 is 2.36 bits per heavy atom. The van der Waals surface area contributed by atoms with Crippen molar-refractivity contribution in [3.8, 4) is 11.5 Å². The number of rotatable bonds is 5. The molecule has 0 heterocycles. The maximum absolute atomic E-state index is 5.32. The fraction of sp³-hybridized carbons (Fsp3) is 0.263. The smallest absolute Gasteiger partial charge is 0.191 e. The summed E-state index contributed by atoms with van der Waals surface area (Å²) < 4.78 is 10.6. The van der Waals surface area contributed by atoms with Gasteiger partial charge in [0.05, 0.1) is 19.9 Å². The topological polar surface area (TPSA) is 54.9 Å². The molecule has 0 saturated heterocycles. The molecule has 2 N–H and O–H groups in total. The van der Waals surface area contributed by atoms with Crippen molar-refractivity contribution < 1.29 is 9.47 Å². The van der Waals surface area contributed by atoms with Crippen LogP contribution in [0.5, 0.6) is 11.5 Å². The SMILES string of the molecule is COc1ccc(/C(C)=N/NC(=S)Nc2ccc(C)cc2C)cc1OC. The van der Waals surface area contributed by atoms with Crippen LogP contribution in [0, 0.1) is 13.8 Å². The molecule has 0 saturated carbocycles. The summed E-state index contributed by atoms with van der Waals surface area (Å²) in [6.45, 7) is 5.99. The Kier molecular flexibility index (Phi) is 6.36. The normalized spacial score (nSPS) is 11.0. The number of thiocarbonyl (C=S) groups is 1. The molecule has 2 rings (SSSR count). The summed E-state index contributed by atoms with van der Waals surface area (Å²) in [5, 5.41) is 7.93. The van der Waals surface area contributed by atoms with Crippen LogP contribution in [0.4, 0.5) is 5.69 Å². The van der Waals surface area contributed by atoms with Crippen molar-refractivity contribution in [3.63, 3.8) is 0 Å². The second-order valence-corrected chi connectivity index (χ2v) is 6.06. The molecule has 0 aliphatic carbocycles. The van der Waals surface area contributed by atoms with E-state index in [0.29, 0.717) is 16.6 Å². The van der Waals surface area contributed by atoms with Gasteiger partial charge in [-0.1, -0.05) is 17.7 Å². The molecule has 0 fully saturated rings. The van der Waals surface area contributed by atoms with Crippen LogP contribution >= 0.6 is 12.2 Å². The number of nitrogens with zero attached hydrogens (tertiary/aromatic N) is 1. The van der Waals surface area contributed by atoms with Crippen LogP contribution in [0.15, 0.2) is 41.5 Å². The first-order valence-corrected chi connectivity index (χ1v) is 8.26. The molecule has 0 aliphatic rings. The van der Waals surface area contributed by atoms with Gasteiger partial charge in [-0.2, -0.15) is 5.10 Å². The highest BCUT2D eigenvalue weighted by Crippen LogP contribution is 2.27. The number of methoxy groups -OCH3 is 2. The first-order chi connectivity index (χ1) is 11.9. The van der Waals surface area contributed by atoms with E-state index in [1.54, 1.807) is 14.2 Å². The van der Waals surface area contributed by atoms with Crippen LogP contribution in [0.2, 0.25) is 0 Å². The molecule has 6 heteroatoms. The molecule has 0 amide bonds. The van der Waals surface area contributed by atoms with Crippen LogP contribution in [-0.2, 0) is 0 Å². The van der Waals surface area contributed by atoms with Gasteiger partial charge in [-0.05, 0) is 62.8 Å². The van der Waals surface area contributed by atoms with E-state index in [1.807, 2.05) is 44.2 Å². The fourth-order valence-electron chi connectivity index (χ4n) is 2.36. The van der Waals surface area contributed by atoms with Gasteiger partial charge < -0.3 is 14.8 Å². The van der Waals surface area contributed by atoms with Gasteiger partial charge in [0.15, 0.2) is 16.6 Å². The van der Waals surface area contributed by atoms with Gasteiger partial charge in [0, 0.05) is 11.3 Å². The minimum absolute atomic E-state index is 0.437. The van der Waals surface area contributed by atoms with E-state index in [4.69, 9.17) is 21.7 Å². The zero-order valence-electron chi connectivity index (χ0n) is 15.1. The summed E-state index contributed by atoms with van der Waals surface area (Å²) in [5.41, 5.74) is 7.87. The molecule has 2 aromatic carbocycles. The Hall–Kier alpha value is -2.60. The lowest BCUT2D eigenvalue weighted by Crippen LogP contribution is -2.25. The lowest BCUT2D eigenvalue weighted by Gasteiger charge is -2.12. The van der Waals surface area contributed by atoms with Gasteiger partial charge in [-0.15, -0.1) is 0 Å². The Bertz CT molecular complexity index is 803. The Morgan fingerprint density at radius 1 is 1.00 bits per heavy atom. The van der Waals surface area contributed by atoms with Crippen molar-refractivity contribution in [2.45, 2.75) is 20.8 Å². The molecule has 0 radical (unpaired) electrons. The van der Waals surface area contributed by atoms with Gasteiger partial charge in [0.1, 0.15) is 0 Å². The minimum Gasteiger partial charge on any atom is -0.493 e. The Morgan fingerprint density at radius 2 is 1.72 bits per heavy atom. The molecule has 0 spiro atoms. The van der Waals surface area contributed by atoms with E-state index < -0.39 is 0 Å². The van der Waals surface area contributed by atoms with Crippen LogP contribution in [0.3, 0.4) is 0 Å². The predicted molar refractivity (Wildman–Crippen MR) is 107 cm³/mol. The van der Waals surface area contributed by atoms with Crippen molar-refractivity contribution in [2.24, 2.45) is 5.10 Å². The highest BCUT2D eigenvalue weighted by molar-refractivity contribution is 7.80. The second kappa shape index (κ2) is 8.48. The summed E-state index contributed by atoms with van der Waals surface area (Å²) in [6, 6.07) is 11.8. The minimum atomic E-state index is 0.437. The Balaban J connectivity index is 2.06. The third kappa shape index (κ3) is 4.93. The van der Waals surface area contributed by atoms with Crippen molar-refractivity contribution in [3.05, 3.63) is 53.1 Å². The maximum atomic E-state index is 5.32. The summed E-state index contributed by atoms with van der Waals surface area (Å²) in [4.78, 5) is 0. The first-order valence-electron chi connectivity index (χ1n) is 7.85. The van der Waals surface area contributed by atoms with Gasteiger partial charge in [-0.25, -0.2) is 0 Å². The number of benzene rings is 2. The second-order valence-electron chi connectivity index (χ2n) is 5.65. The molecular weight excluding hydrogens is 334 g/mol. The van der Waals surface area contributed by atoms with E-state index >= 15 is 0 Å². The van der Waals surface area contributed by atoms with E-state index in [0.717, 1.165) is 22.5 Å². The number of hydrazone groups is 1. The fourth-order valence-corrected chi connectivity index (χ4v) is 2.52. The lowest BCUT2D eigenvalue weighted by molar-refractivity contribution is 0.355. The van der Waals surface area contributed by atoms with Crippen molar-refractivity contribution >= 4 is 28.7 Å². The van der Waals surface area contributed by atoms with Gasteiger partial charge >= 0.3 is 0 Å². The number of aryl methyl sites for hydroxylation is 2. The number of hydrogen-bond donors (Lipinski definition) is 2. The van der Waals surface area contributed by atoms with E-state index in [-0.39, 0.29) is 0 Å². The van der Waals surface area contributed by atoms with E-state index in [2.05, 4.69) is 28.8 Å². The van der Waals surface area contributed by atoms with Gasteiger partial charge in [0.2, 0.25) is 0 Å². The maximum Gasteiger partial charge on any atom is 0.191 e. The first kappa shape index (κ1) is 18.7. The van der Waals surface area contributed by atoms with Crippen molar-refractivity contribution in [1.82, 2.24) is 5.43 Å². The zero-order valence-corrected chi connectivity index (χ0v) is 16.0. The van der Waals surface area contributed by atoms with Crippen molar-refractivity contribution in [1.29, 1.82) is 0 Å². The Labute approximate surface area is 154 Å². The molecule has 0 aromatic heterocycles. The van der Waals surface area contributed by atoms with Crippen LogP contribution in [0.25, 0.3) is 0 Å². The number of nitrogens with one attached hydrogen (secondary N) is 2. The number of hydrogen-bond acceptors (Lipinski definition) is 4. The average Bonchev–Trinajstić information content (AvgIpc) is 2.61. The lowest BCUT2D eigenvalue weighted by atomic mass is 10.1. The van der Waals surface area contributed by atoms with E-state index in [9.17, 15) is 0 Å². The highest BCUT2D eigenvalue weighted by atomic mass is 32.1. The molecule has 0 unspecified atom stereocenters. The van der Waals surface area contributed by atoms with Crippen LogP contribution in [-0.4, -0.2) is 25.0 Å². The molecule has 0 atom stereocenters. The van der Waals surface area contributed by atoms with Gasteiger partial charge in [-0.3, -0.25) is 5.43 Å².